The Morgan fingerprint density at radius 1 is 1.00 bits per heavy atom. The number of carbonyl (C=O) groups is 1. The molecule has 2 rings (SSSR count). The van der Waals surface area contributed by atoms with E-state index < -0.39 is 27.6 Å². The van der Waals surface area contributed by atoms with E-state index in [0.717, 1.165) is 30.3 Å². The Labute approximate surface area is 120 Å². The molecule has 0 saturated carbocycles. The molecule has 0 bridgehead atoms. The van der Waals surface area contributed by atoms with Crippen molar-refractivity contribution in [2.24, 2.45) is 0 Å². The van der Waals surface area contributed by atoms with Gasteiger partial charge in [0, 0.05) is 5.56 Å². The van der Waals surface area contributed by atoms with Crippen molar-refractivity contribution in [1.82, 2.24) is 4.72 Å². The van der Waals surface area contributed by atoms with Gasteiger partial charge in [-0.2, -0.15) is 0 Å². The van der Waals surface area contributed by atoms with Crippen molar-refractivity contribution >= 4 is 15.9 Å². The van der Waals surface area contributed by atoms with Crippen molar-refractivity contribution in [3.8, 4) is 0 Å². The minimum absolute atomic E-state index is 0.0827. The van der Waals surface area contributed by atoms with E-state index in [0.29, 0.717) is 5.56 Å². The van der Waals surface area contributed by atoms with Crippen molar-refractivity contribution in [3.05, 3.63) is 65.2 Å². The maximum absolute atomic E-state index is 13.1. The van der Waals surface area contributed by atoms with Crippen molar-refractivity contribution in [2.75, 3.05) is 0 Å². The molecule has 0 unspecified atom stereocenters. The zero-order valence-electron chi connectivity index (χ0n) is 10.9. The van der Waals surface area contributed by atoms with Crippen LogP contribution >= 0.6 is 0 Å². The second-order valence-corrected chi connectivity index (χ2v) is 6.03. The summed E-state index contributed by atoms with van der Waals surface area (Å²) in [6.45, 7) is 1.55. The van der Waals surface area contributed by atoms with Crippen LogP contribution in [0.2, 0.25) is 0 Å². The zero-order chi connectivity index (χ0) is 15.6. The van der Waals surface area contributed by atoms with Crippen LogP contribution in [0.25, 0.3) is 0 Å². The molecule has 21 heavy (non-hydrogen) atoms. The molecule has 0 spiro atoms. The highest BCUT2D eigenvalue weighted by molar-refractivity contribution is 7.90. The molecule has 7 heteroatoms. The highest BCUT2D eigenvalue weighted by Crippen LogP contribution is 2.13. The van der Waals surface area contributed by atoms with Gasteiger partial charge in [-0.25, -0.2) is 21.9 Å². The van der Waals surface area contributed by atoms with Gasteiger partial charge in [-0.3, -0.25) is 4.79 Å². The molecule has 110 valence electrons. The molecule has 2 aromatic rings. The molecule has 1 N–H and O–H groups in total. The number of benzene rings is 2. The summed E-state index contributed by atoms with van der Waals surface area (Å²) in [7, 11) is -4.14. The first-order valence-corrected chi connectivity index (χ1v) is 7.37. The van der Waals surface area contributed by atoms with Crippen LogP contribution in [-0.2, 0) is 10.0 Å². The summed E-state index contributed by atoms with van der Waals surface area (Å²) in [5.41, 5.74) is 0.351. The number of rotatable bonds is 3. The molecule has 0 heterocycles. The summed E-state index contributed by atoms with van der Waals surface area (Å²) in [6.07, 6.45) is 0. The minimum Gasteiger partial charge on any atom is -0.268 e. The topological polar surface area (TPSA) is 63.2 Å². The lowest BCUT2D eigenvalue weighted by molar-refractivity contribution is 0.0980. The Hall–Kier alpha value is -2.28. The van der Waals surface area contributed by atoms with Gasteiger partial charge in [-0.15, -0.1) is 0 Å². The normalized spacial score (nSPS) is 11.2. The lowest BCUT2D eigenvalue weighted by Gasteiger charge is -2.09. The van der Waals surface area contributed by atoms with Crippen molar-refractivity contribution in [3.63, 3.8) is 0 Å². The average Bonchev–Trinajstić information content (AvgIpc) is 2.41. The molecule has 4 nitrogen and oxygen atoms in total. The van der Waals surface area contributed by atoms with Crippen molar-refractivity contribution in [1.29, 1.82) is 0 Å². The van der Waals surface area contributed by atoms with E-state index >= 15 is 0 Å². The lowest BCUT2D eigenvalue weighted by Crippen LogP contribution is -2.31. The van der Waals surface area contributed by atoms with E-state index in [9.17, 15) is 22.0 Å². The smallest absolute Gasteiger partial charge is 0.265 e. The molecule has 0 aliphatic carbocycles. The first-order valence-electron chi connectivity index (χ1n) is 5.88. The number of hydrogen-bond acceptors (Lipinski definition) is 3. The molecule has 0 atom stereocenters. The van der Waals surface area contributed by atoms with E-state index in [-0.39, 0.29) is 10.5 Å². The molecule has 0 aliphatic heterocycles. The standard InChI is InChI=1S/C14H11F2NO3S/c1-9-2-3-11(16)8-13(9)14(18)17-21(19,20)12-6-4-10(15)5-7-12/h2-8H,1H3,(H,17,18). The van der Waals surface area contributed by atoms with Crippen LogP contribution in [0.15, 0.2) is 47.4 Å². The van der Waals surface area contributed by atoms with E-state index in [2.05, 4.69) is 0 Å². The molecule has 1 amide bonds. The fraction of sp³-hybridized carbons (Fsp3) is 0.0714. The number of carbonyl (C=O) groups excluding carboxylic acids is 1. The van der Waals surface area contributed by atoms with Crippen molar-refractivity contribution < 1.29 is 22.0 Å². The third-order valence-electron chi connectivity index (χ3n) is 2.80. The number of amides is 1. The quantitative estimate of drug-likeness (QED) is 0.946. The predicted octanol–water partition coefficient (Wildman–Crippen LogP) is 2.39. The van der Waals surface area contributed by atoms with E-state index in [1.807, 2.05) is 4.72 Å². The van der Waals surface area contributed by atoms with E-state index in [1.165, 1.54) is 12.1 Å². The minimum atomic E-state index is -4.14. The largest absolute Gasteiger partial charge is 0.268 e. The van der Waals surface area contributed by atoms with Crippen molar-refractivity contribution in [2.45, 2.75) is 11.8 Å². The first kappa shape index (κ1) is 15.1. The molecule has 0 fully saturated rings. The maximum Gasteiger partial charge on any atom is 0.265 e. The number of halogens is 2. The molecule has 0 saturated heterocycles. The lowest BCUT2D eigenvalue weighted by atomic mass is 10.1. The second kappa shape index (κ2) is 5.61. The number of hydrogen-bond donors (Lipinski definition) is 1. The van der Waals surface area contributed by atoms with Gasteiger partial charge >= 0.3 is 0 Å². The van der Waals surface area contributed by atoms with Gasteiger partial charge < -0.3 is 0 Å². The molecular formula is C14H11F2NO3S. The van der Waals surface area contributed by atoms with Gasteiger partial charge in [0.05, 0.1) is 4.90 Å². The van der Waals surface area contributed by atoms with Crippen LogP contribution in [-0.4, -0.2) is 14.3 Å². The SMILES string of the molecule is Cc1ccc(F)cc1C(=O)NS(=O)(=O)c1ccc(F)cc1. The fourth-order valence-corrected chi connectivity index (χ4v) is 2.65. The van der Waals surface area contributed by atoms with E-state index in [1.54, 1.807) is 6.92 Å². The van der Waals surface area contributed by atoms with Gasteiger partial charge in [0.2, 0.25) is 0 Å². The summed E-state index contributed by atoms with van der Waals surface area (Å²) in [6, 6.07) is 7.48. The van der Waals surface area contributed by atoms with E-state index in [4.69, 9.17) is 0 Å². The summed E-state index contributed by atoms with van der Waals surface area (Å²) in [5, 5.41) is 0. The third kappa shape index (κ3) is 3.43. The molecule has 0 aliphatic rings. The summed E-state index contributed by atoms with van der Waals surface area (Å²) < 4.78 is 51.7. The Bertz CT molecular complexity index is 786. The molecule has 0 aromatic heterocycles. The third-order valence-corrected chi connectivity index (χ3v) is 4.14. The van der Waals surface area contributed by atoms with Crippen LogP contribution in [0.5, 0.6) is 0 Å². The highest BCUT2D eigenvalue weighted by atomic mass is 32.2. The Morgan fingerprint density at radius 3 is 2.19 bits per heavy atom. The van der Waals surface area contributed by atoms with Crippen LogP contribution in [0, 0.1) is 18.6 Å². The number of aryl methyl sites for hydroxylation is 1. The Balaban J connectivity index is 2.30. The Kier molecular flexibility index (Phi) is 4.04. The number of sulfonamides is 1. The van der Waals surface area contributed by atoms with Gasteiger partial charge in [-0.1, -0.05) is 6.07 Å². The molecular weight excluding hydrogens is 300 g/mol. The van der Waals surface area contributed by atoms with Crippen LogP contribution in [0.4, 0.5) is 8.78 Å². The van der Waals surface area contributed by atoms with Gasteiger partial charge in [0.15, 0.2) is 0 Å². The average molecular weight is 311 g/mol. The van der Waals surface area contributed by atoms with Crippen LogP contribution in [0.3, 0.4) is 0 Å². The fourth-order valence-electron chi connectivity index (χ4n) is 1.69. The molecule has 0 radical (unpaired) electrons. The van der Waals surface area contributed by atoms with Gasteiger partial charge in [0.25, 0.3) is 15.9 Å². The number of nitrogens with one attached hydrogen (secondary N) is 1. The highest BCUT2D eigenvalue weighted by Gasteiger charge is 2.20. The van der Waals surface area contributed by atoms with Gasteiger partial charge in [-0.05, 0) is 48.9 Å². The van der Waals surface area contributed by atoms with Gasteiger partial charge in [0.1, 0.15) is 11.6 Å². The predicted molar refractivity (Wildman–Crippen MR) is 72.2 cm³/mol. The maximum atomic E-state index is 13.1. The zero-order valence-corrected chi connectivity index (χ0v) is 11.7. The monoisotopic (exact) mass is 311 g/mol. The molecule has 2 aromatic carbocycles. The summed E-state index contributed by atoms with van der Waals surface area (Å²) in [4.78, 5) is 11.7. The van der Waals surface area contributed by atoms with Crippen LogP contribution in [0.1, 0.15) is 15.9 Å². The summed E-state index contributed by atoms with van der Waals surface area (Å²) >= 11 is 0. The summed E-state index contributed by atoms with van der Waals surface area (Å²) in [5.74, 6) is -2.19. The van der Waals surface area contributed by atoms with Crippen LogP contribution < -0.4 is 4.72 Å². The first-order chi connectivity index (χ1) is 9.79. The Morgan fingerprint density at radius 2 is 1.57 bits per heavy atom. The second-order valence-electron chi connectivity index (χ2n) is 4.35.